The summed E-state index contributed by atoms with van der Waals surface area (Å²) in [5.74, 6) is 0. The van der Waals surface area contributed by atoms with Gasteiger partial charge in [-0.15, -0.1) is 0 Å². The first-order valence-corrected chi connectivity index (χ1v) is 5.76. The summed E-state index contributed by atoms with van der Waals surface area (Å²) >= 11 is 3.64. The van der Waals surface area contributed by atoms with Gasteiger partial charge in [0.05, 0.1) is 0 Å². The third-order valence-corrected chi connectivity index (χ3v) is 3.98. The van der Waals surface area contributed by atoms with Gasteiger partial charge in [-0.2, -0.15) is 0 Å². The van der Waals surface area contributed by atoms with Gasteiger partial charge in [-0.1, -0.05) is 36.9 Å². The van der Waals surface area contributed by atoms with Gasteiger partial charge in [0, 0.05) is 4.47 Å². The van der Waals surface area contributed by atoms with E-state index in [9.17, 15) is 0 Å². The molecule has 0 nitrogen and oxygen atoms in total. The molecule has 0 saturated heterocycles. The molecule has 0 aromatic heterocycles. The van der Waals surface area contributed by atoms with Crippen molar-refractivity contribution in [1.29, 1.82) is 0 Å². The molecule has 0 aliphatic carbocycles. The average Bonchev–Trinajstić information content (AvgIpc) is 2.27. The molecule has 0 fully saturated rings. The Hall–Kier alpha value is -1.08. The average molecular weight is 261 g/mol. The predicted octanol–water partition coefficient (Wildman–Crippen LogP) is 4.86. The second-order valence-corrected chi connectivity index (χ2v) is 4.52. The molecule has 76 valence electrons. The van der Waals surface area contributed by atoms with E-state index in [1.807, 2.05) is 6.08 Å². The molecule has 0 atom stereocenters. The second kappa shape index (κ2) is 3.82. The lowest BCUT2D eigenvalue weighted by Gasteiger charge is -2.12. The third-order valence-electron chi connectivity index (χ3n) is 2.95. The molecule has 0 radical (unpaired) electrons. The molecule has 0 unspecified atom stereocenters. The van der Waals surface area contributed by atoms with Gasteiger partial charge in [-0.3, -0.25) is 0 Å². The fourth-order valence-corrected chi connectivity index (χ4v) is 2.60. The normalized spacial score (nSPS) is 10.6. The fourth-order valence-electron chi connectivity index (χ4n) is 1.93. The number of fused-ring (bicyclic) bond motifs is 1. The van der Waals surface area contributed by atoms with Crippen molar-refractivity contribution >= 4 is 32.8 Å². The van der Waals surface area contributed by atoms with E-state index < -0.39 is 0 Å². The van der Waals surface area contributed by atoms with Crippen molar-refractivity contribution in [2.75, 3.05) is 0 Å². The maximum absolute atomic E-state index is 3.88. The number of rotatable bonds is 1. The summed E-state index contributed by atoms with van der Waals surface area (Å²) in [6.07, 6.45) is 1.92. The summed E-state index contributed by atoms with van der Waals surface area (Å²) in [5.41, 5.74) is 3.82. The maximum Gasteiger partial charge on any atom is 0.0285 e. The van der Waals surface area contributed by atoms with Crippen LogP contribution in [0.15, 0.2) is 35.3 Å². The molecule has 0 saturated carbocycles. The van der Waals surface area contributed by atoms with Gasteiger partial charge in [0.25, 0.3) is 0 Å². The molecule has 0 aliphatic heterocycles. The fraction of sp³-hybridized carbons (Fsp3) is 0.143. The summed E-state index contributed by atoms with van der Waals surface area (Å²) in [4.78, 5) is 0. The minimum absolute atomic E-state index is 1.16. The Morgan fingerprint density at radius 2 is 1.67 bits per heavy atom. The quantitative estimate of drug-likeness (QED) is 0.687. The van der Waals surface area contributed by atoms with Crippen LogP contribution in [0.4, 0.5) is 0 Å². The number of hydrogen-bond donors (Lipinski definition) is 0. The van der Waals surface area contributed by atoms with E-state index in [4.69, 9.17) is 0 Å². The highest BCUT2D eigenvalue weighted by Crippen LogP contribution is 2.33. The van der Waals surface area contributed by atoms with Crippen LogP contribution in [-0.4, -0.2) is 0 Å². The van der Waals surface area contributed by atoms with E-state index in [1.54, 1.807) is 0 Å². The standard InChI is InChI=1S/C14H13Br/c1-4-11-13-8-6-5-7-12(13)9(2)10(3)14(11)15/h4-8H,1H2,2-3H3. The largest absolute Gasteiger partial charge is 0.0984 e. The van der Waals surface area contributed by atoms with Crippen LogP contribution in [0.3, 0.4) is 0 Å². The molecule has 2 aromatic carbocycles. The first-order valence-electron chi connectivity index (χ1n) is 4.96. The van der Waals surface area contributed by atoms with E-state index in [0.717, 1.165) is 4.47 Å². The Bertz CT molecular complexity index is 539. The van der Waals surface area contributed by atoms with Crippen molar-refractivity contribution in [2.24, 2.45) is 0 Å². The molecule has 0 heterocycles. The van der Waals surface area contributed by atoms with Gasteiger partial charge in [-0.05, 0) is 57.2 Å². The Morgan fingerprint density at radius 1 is 1.07 bits per heavy atom. The number of halogens is 1. The van der Waals surface area contributed by atoms with Crippen molar-refractivity contribution in [2.45, 2.75) is 13.8 Å². The van der Waals surface area contributed by atoms with Gasteiger partial charge >= 0.3 is 0 Å². The lowest BCUT2D eigenvalue weighted by Crippen LogP contribution is -1.90. The summed E-state index contributed by atoms with van der Waals surface area (Å²) in [7, 11) is 0. The lowest BCUT2D eigenvalue weighted by molar-refractivity contribution is 1.35. The minimum Gasteiger partial charge on any atom is -0.0984 e. The van der Waals surface area contributed by atoms with Crippen LogP contribution < -0.4 is 0 Å². The molecular weight excluding hydrogens is 248 g/mol. The van der Waals surface area contributed by atoms with E-state index in [2.05, 4.69) is 60.6 Å². The molecule has 0 spiro atoms. The van der Waals surface area contributed by atoms with E-state index >= 15 is 0 Å². The number of aryl methyl sites for hydroxylation is 1. The zero-order valence-corrected chi connectivity index (χ0v) is 10.6. The van der Waals surface area contributed by atoms with Crippen LogP contribution >= 0.6 is 15.9 Å². The third kappa shape index (κ3) is 1.51. The van der Waals surface area contributed by atoms with Crippen molar-refractivity contribution in [3.8, 4) is 0 Å². The topological polar surface area (TPSA) is 0 Å². The zero-order valence-electron chi connectivity index (χ0n) is 8.97. The monoisotopic (exact) mass is 260 g/mol. The Kier molecular flexibility index (Phi) is 2.66. The van der Waals surface area contributed by atoms with E-state index in [0.29, 0.717) is 0 Å². The molecule has 15 heavy (non-hydrogen) atoms. The first-order chi connectivity index (χ1) is 7.16. The van der Waals surface area contributed by atoms with E-state index in [-0.39, 0.29) is 0 Å². The van der Waals surface area contributed by atoms with Gasteiger partial charge in [0.2, 0.25) is 0 Å². The van der Waals surface area contributed by atoms with Crippen molar-refractivity contribution in [3.05, 3.63) is 52.0 Å². The molecule has 2 rings (SSSR count). The van der Waals surface area contributed by atoms with Crippen LogP contribution in [-0.2, 0) is 0 Å². The molecule has 0 N–H and O–H groups in total. The summed E-state index contributed by atoms with van der Waals surface area (Å²) in [6, 6.07) is 8.45. The van der Waals surface area contributed by atoms with Crippen LogP contribution in [0, 0.1) is 13.8 Å². The van der Waals surface area contributed by atoms with Crippen molar-refractivity contribution in [3.63, 3.8) is 0 Å². The van der Waals surface area contributed by atoms with Crippen molar-refractivity contribution < 1.29 is 0 Å². The SMILES string of the molecule is C=Cc1c(Br)c(C)c(C)c2ccccc12. The van der Waals surface area contributed by atoms with Crippen LogP contribution in [0.25, 0.3) is 16.8 Å². The summed E-state index contributed by atoms with van der Waals surface area (Å²) < 4.78 is 1.16. The van der Waals surface area contributed by atoms with Crippen molar-refractivity contribution in [1.82, 2.24) is 0 Å². The minimum atomic E-state index is 1.16. The van der Waals surface area contributed by atoms with Gasteiger partial charge in [0.1, 0.15) is 0 Å². The first kappa shape index (κ1) is 10.4. The van der Waals surface area contributed by atoms with Gasteiger partial charge < -0.3 is 0 Å². The molecule has 1 heteroatoms. The highest BCUT2D eigenvalue weighted by molar-refractivity contribution is 9.10. The Balaban J connectivity index is 3.04. The smallest absolute Gasteiger partial charge is 0.0285 e. The molecular formula is C14H13Br. The summed E-state index contributed by atoms with van der Waals surface area (Å²) in [6.45, 7) is 8.18. The van der Waals surface area contributed by atoms with E-state index in [1.165, 1.54) is 27.5 Å². The number of benzene rings is 2. The number of hydrogen-bond acceptors (Lipinski definition) is 0. The van der Waals surface area contributed by atoms with Gasteiger partial charge in [-0.25, -0.2) is 0 Å². The maximum atomic E-state index is 3.88. The predicted molar refractivity (Wildman–Crippen MR) is 71.2 cm³/mol. The van der Waals surface area contributed by atoms with Crippen LogP contribution in [0.5, 0.6) is 0 Å². The molecule has 0 amide bonds. The molecule has 0 bridgehead atoms. The molecule has 2 aromatic rings. The highest BCUT2D eigenvalue weighted by atomic mass is 79.9. The Morgan fingerprint density at radius 3 is 2.27 bits per heavy atom. The molecule has 0 aliphatic rings. The lowest BCUT2D eigenvalue weighted by atomic mass is 9.96. The van der Waals surface area contributed by atoms with Gasteiger partial charge in [0.15, 0.2) is 0 Å². The zero-order chi connectivity index (χ0) is 11.0. The summed E-state index contributed by atoms with van der Waals surface area (Å²) in [5, 5.41) is 2.58. The van der Waals surface area contributed by atoms with Crippen LogP contribution in [0.2, 0.25) is 0 Å². The highest BCUT2D eigenvalue weighted by Gasteiger charge is 2.09. The van der Waals surface area contributed by atoms with Crippen LogP contribution in [0.1, 0.15) is 16.7 Å². The second-order valence-electron chi connectivity index (χ2n) is 3.73. The Labute approximate surface area is 98.8 Å².